The Kier molecular flexibility index (Phi) is 5.97. The maximum Gasteiger partial charge on any atom is 0.255 e. The number of carbonyl (C=O) groups is 1. The molecule has 5 nitrogen and oxygen atoms in total. The number of carbonyl (C=O) groups excluding carboxylic acids is 1. The Morgan fingerprint density at radius 1 is 1.12 bits per heavy atom. The van der Waals surface area contributed by atoms with Crippen LogP contribution in [0, 0.1) is 41.6 Å². The van der Waals surface area contributed by atoms with Crippen LogP contribution in [0.2, 0.25) is 5.02 Å². The number of aliphatic hydroxyl groups is 1. The zero-order valence-electron chi connectivity index (χ0n) is 17.1. The number of rotatable bonds is 4. The van der Waals surface area contributed by atoms with Gasteiger partial charge in [0, 0.05) is 23.4 Å². The molecule has 0 radical (unpaired) electrons. The summed E-state index contributed by atoms with van der Waals surface area (Å²) in [7, 11) is -4.00. The first-order valence-corrected chi connectivity index (χ1v) is 12.1. The molecule has 2 saturated carbocycles. The Balaban J connectivity index is 1.64. The molecule has 2 bridgehead atoms. The number of hydrogen-bond acceptors (Lipinski definition) is 4. The van der Waals surface area contributed by atoms with Gasteiger partial charge in [-0.2, -0.15) is 0 Å². The molecule has 1 amide bonds. The summed E-state index contributed by atoms with van der Waals surface area (Å²) in [6.07, 6.45) is 6.94. The van der Waals surface area contributed by atoms with E-state index >= 15 is 0 Å². The first-order valence-electron chi connectivity index (χ1n) is 10.1. The Morgan fingerprint density at radius 3 is 2.24 bits per heavy atom. The van der Waals surface area contributed by atoms with Gasteiger partial charge in [-0.3, -0.25) is 4.79 Å². The number of benzene rings is 2. The number of anilines is 1. The molecule has 0 saturated heterocycles. The van der Waals surface area contributed by atoms with Gasteiger partial charge in [0.15, 0.2) is 27.3 Å². The Morgan fingerprint density at radius 2 is 1.70 bits per heavy atom. The number of fused-ring (bicyclic) bond motifs is 2. The van der Waals surface area contributed by atoms with Gasteiger partial charge in [0.25, 0.3) is 5.91 Å². The molecule has 0 spiro atoms. The van der Waals surface area contributed by atoms with Gasteiger partial charge in [-0.25, -0.2) is 21.6 Å². The molecular weight excluding hydrogens is 479 g/mol. The third kappa shape index (κ3) is 4.23. The number of nitrogens with one attached hydrogen (secondary N) is 1. The van der Waals surface area contributed by atoms with Crippen LogP contribution in [0.3, 0.4) is 0 Å². The summed E-state index contributed by atoms with van der Waals surface area (Å²) in [6, 6.07) is 4.83. The van der Waals surface area contributed by atoms with Crippen molar-refractivity contribution in [2.24, 2.45) is 11.8 Å². The first kappa shape index (κ1) is 23.6. The Hall–Kier alpha value is -2.54. The average Bonchev–Trinajstić information content (AvgIpc) is 3.05. The molecule has 174 valence electrons. The molecule has 4 rings (SSSR count). The van der Waals surface area contributed by atoms with E-state index in [9.17, 15) is 31.5 Å². The molecule has 2 fully saturated rings. The largest absolute Gasteiger partial charge is 0.378 e. The number of terminal acetylenes is 1. The van der Waals surface area contributed by atoms with E-state index in [1.807, 2.05) is 0 Å². The van der Waals surface area contributed by atoms with E-state index < -0.39 is 44.0 Å². The maximum absolute atomic E-state index is 13.5. The van der Waals surface area contributed by atoms with Crippen LogP contribution in [0.4, 0.5) is 18.9 Å². The molecular formula is C23H19ClF3NO4S. The lowest BCUT2D eigenvalue weighted by Gasteiger charge is -2.38. The second-order valence-electron chi connectivity index (χ2n) is 8.54. The van der Waals surface area contributed by atoms with Gasteiger partial charge in [-0.15, -0.1) is 6.42 Å². The molecule has 33 heavy (non-hydrogen) atoms. The van der Waals surface area contributed by atoms with Gasteiger partial charge in [-0.05, 0) is 55.7 Å². The molecule has 0 heterocycles. The Bertz CT molecular complexity index is 1250. The molecule has 2 aliphatic rings. The smallest absolute Gasteiger partial charge is 0.255 e. The highest BCUT2D eigenvalue weighted by atomic mass is 35.5. The first-order chi connectivity index (χ1) is 15.4. The minimum atomic E-state index is -4.00. The minimum absolute atomic E-state index is 0.0809. The van der Waals surface area contributed by atoms with E-state index in [1.54, 1.807) is 0 Å². The van der Waals surface area contributed by atoms with Crippen LogP contribution in [-0.4, -0.2) is 30.3 Å². The van der Waals surface area contributed by atoms with Gasteiger partial charge >= 0.3 is 0 Å². The highest BCUT2D eigenvalue weighted by Crippen LogP contribution is 2.51. The number of hydrogen-bond donors (Lipinski definition) is 2. The summed E-state index contributed by atoms with van der Waals surface area (Å²) in [5.74, 6) is -3.84. The summed E-state index contributed by atoms with van der Waals surface area (Å²) in [4.78, 5) is 12.4. The molecule has 2 unspecified atom stereocenters. The van der Waals surface area contributed by atoms with Gasteiger partial charge in [0.05, 0.1) is 15.2 Å². The van der Waals surface area contributed by atoms with E-state index in [0.717, 1.165) is 6.07 Å². The van der Waals surface area contributed by atoms with Crippen molar-refractivity contribution in [3.63, 3.8) is 0 Å². The van der Waals surface area contributed by atoms with Crippen molar-refractivity contribution in [3.8, 4) is 12.3 Å². The van der Waals surface area contributed by atoms with Crippen molar-refractivity contribution >= 4 is 33.0 Å². The average molecular weight is 498 g/mol. The van der Waals surface area contributed by atoms with E-state index in [2.05, 4.69) is 11.2 Å². The van der Waals surface area contributed by atoms with E-state index in [1.165, 1.54) is 12.1 Å². The highest BCUT2D eigenvalue weighted by Gasteiger charge is 2.54. The summed E-state index contributed by atoms with van der Waals surface area (Å²) < 4.78 is 67.1. The topological polar surface area (TPSA) is 83.5 Å². The number of halogens is 4. The van der Waals surface area contributed by atoms with Crippen LogP contribution in [0.1, 0.15) is 36.0 Å². The molecule has 0 aliphatic heterocycles. The SMILES string of the molecule is C#C[C@]1(O)CC2CCC(C1)[C@H]2S(=O)(=O)c1cc(C(=O)Nc2cc(F)c(F)c(F)c2)ccc1Cl. The number of amides is 1. The zero-order chi connectivity index (χ0) is 24.1. The van der Waals surface area contributed by atoms with Crippen LogP contribution < -0.4 is 5.32 Å². The van der Waals surface area contributed by atoms with Crippen LogP contribution >= 0.6 is 11.6 Å². The second-order valence-corrected chi connectivity index (χ2v) is 11.0. The van der Waals surface area contributed by atoms with Crippen LogP contribution in [0.25, 0.3) is 0 Å². The number of sulfone groups is 1. The minimum Gasteiger partial charge on any atom is -0.378 e. The zero-order valence-corrected chi connectivity index (χ0v) is 18.7. The van der Waals surface area contributed by atoms with Gasteiger partial charge in [0.1, 0.15) is 5.60 Å². The third-order valence-electron chi connectivity index (χ3n) is 6.41. The molecule has 0 aromatic heterocycles. The fourth-order valence-electron chi connectivity index (χ4n) is 4.99. The molecule has 2 atom stereocenters. The standard InChI is InChI=1S/C23H19ClF3NO4S/c1-2-23(30)10-13-3-4-14(11-23)21(13)33(31,32)19-7-12(5-6-16(19)24)22(29)28-15-8-17(25)20(27)18(26)9-15/h1,5-9,13-14,21,30H,3-4,10-11H2,(H,28,29)/t13?,14?,21-,23-. The Labute approximate surface area is 193 Å². The summed E-state index contributed by atoms with van der Waals surface area (Å²) in [5.41, 5.74) is -1.80. The van der Waals surface area contributed by atoms with Gasteiger partial charge in [0.2, 0.25) is 0 Å². The highest BCUT2D eigenvalue weighted by molar-refractivity contribution is 7.92. The van der Waals surface area contributed by atoms with Gasteiger partial charge < -0.3 is 10.4 Å². The summed E-state index contributed by atoms with van der Waals surface area (Å²) >= 11 is 6.19. The maximum atomic E-state index is 13.5. The van der Waals surface area contributed by atoms with Crippen LogP contribution in [-0.2, 0) is 9.84 Å². The summed E-state index contributed by atoms with van der Waals surface area (Å²) in [5, 5.41) is 11.8. The van der Waals surface area contributed by atoms with Crippen molar-refractivity contribution in [2.45, 2.75) is 41.4 Å². The quantitative estimate of drug-likeness (QED) is 0.486. The molecule has 2 N–H and O–H groups in total. The lowest BCUT2D eigenvalue weighted by atomic mass is 9.78. The lowest BCUT2D eigenvalue weighted by Crippen LogP contribution is -2.45. The fourth-order valence-corrected chi connectivity index (χ4v) is 7.84. The van der Waals surface area contributed by atoms with Crippen molar-refractivity contribution in [1.29, 1.82) is 0 Å². The van der Waals surface area contributed by atoms with Crippen molar-refractivity contribution in [1.82, 2.24) is 0 Å². The monoisotopic (exact) mass is 497 g/mol. The molecule has 2 aliphatic carbocycles. The van der Waals surface area contributed by atoms with E-state index in [-0.39, 0.29) is 45.8 Å². The fraction of sp³-hybridized carbons (Fsp3) is 0.348. The molecule has 2 aromatic carbocycles. The van der Waals surface area contributed by atoms with Crippen LogP contribution in [0.15, 0.2) is 35.2 Å². The van der Waals surface area contributed by atoms with Crippen molar-refractivity contribution < 1.29 is 31.5 Å². The van der Waals surface area contributed by atoms with Gasteiger partial charge in [-0.1, -0.05) is 17.5 Å². The third-order valence-corrected chi connectivity index (χ3v) is 9.28. The van der Waals surface area contributed by atoms with Crippen molar-refractivity contribution in [3.05, 3.63) is 58.4 Å². The van der Waals surface area contributed by atoms with Crippen molar-refractivity contribution in [2.75, 3.05) is 5.32 Å². The predicted molar refractivity (Wildman–Crippen MR) is 116 cm³/mol. The normalized spacial score (nSPS) is 26.6. The summed E-state index contributed by atoms with van der Waals surface area (Å²) in [6.45, 7) is 0. The molecule has 10 heteroatoms. The molecule has 2 aromatic rings. The van der Waals surface area contributed by atoms with E-state index in [0.29, 0.717) is 25.0 Å². The predicted octanol–water partition coefficient (Wildman–Crippen LogP) is 4.34. The van der Waals surface area contributed by atoms with E-state index in [4.69, 9.17) is 18.0 Å². The lowest BCUT2D eigenvalue weighted by molar-refractivity contribution is 0.0342. The second kappa shape index (κ2) is 8.35. The van der Waals surface area contributed by atoms with Crippen LogP contribution in [0.5, 0.6) is 0 Å².